The molecule has 0 amide bonds. The molecule has 1 aliphatic heterocycles. The second-order valence-electron chi connectivity index (χ2n) is 5.21. The third kappa shape index (κ3) is 2.90. The predicted octanol–water partition coefficient (Wildman–Crippen LogP) is 3.19. The minimum atomic E-state index is -0.423. The van der Waals surface area contributed by atoms with E-state index in [0.29, 0.717) is 22.6 Å². The van der Waals surface area contributed by atoms with Crippen LogP contribution < -0.4 is 9.47 Å². The van der Waals surface area contributed by atoms with Gasteiger partial charge in [-0.15, -0.1) is 0 Å². The van der Waals surface area contributed by atoms with Crippen molar-refractivity contribution in [2.24, 2.45) is 0 Å². The Morgan fingerprint density at radius 3 is 2.74 bits per heavy atom. The molecule has 118 valence electrons. The van der Waals surface area contributed by atoms with E-state index in [0.717, 1.165) is 5.56 Å². The van der Waals surface area contributed by atoms with E-state index in [1.807, 2.05) is 6.07 Å². The molecule has 1 aliphatic rings. The molecular weight excluding hydrogens is 296 g/mol. The first-order valence-corrected chi connectivity index (χ1v) is 7.18. The maximum atomic E-state index is 12.4. The van der Waals surface area contributed by atoms with Crippen LogP contribution in [0.1, 0.15) is 38.8 Å². The minimum Gasteiger partial charge on any atom is -0.497 e. The van der Waals surface area contributed by atoms with Crippen LogP contribution >= 0.6 is 0 Å². The monoisotopic (exact) mass is 312 g/mol. The molecule has 3 rings (SSSR count). The van der Waals surface area contributed by atoms with Crippen LogP contribution in [0.2, 0.25) is 0 Å². The summed E-state index contributed by atoms with van der Waals surface area (Å²) in [4.78, 5) is 24.0. The van der Waals surface area contributed by atoms with Gasteiger partial charge in [0.05, 0.1) is 31.8 Å². The first kappa shape index (κ1) is 15.1. The quantitative estimate of drug-likeness (QED) is 0.815. The molecule has 0 N–H and O–H groups in total. The standard InChI is InChI=1S/C18H16O5/c1-21-13-6-7-16-14(9-13)15(19)10-17(23-16)11-4-3-5-12(8-11)18(20)22-2/h3-9,17H,10H2,1-2H3/t17-/m1/s1. The maximum Gasteiger partial charge on any atom is 0.337 e. The number of ketones is 1. The molecule has 2 aromatic carbocycles. The summed E-state index contributed by atoms with van der Waals surface area (Å²) in [7, 11) is 2.89. The number of methoxy groups -OCH3 is 2. The first-order valence-electron chi connectivity index (χ1n) is 7.18. The number of fused-ring (bicyclic) bond motifs is 1. The third-order valence-electron chi connectivity index (χ3n) is 3.81. The lowest BCUT2D eigenvalue weighted by Crippen LogP contribution is -2.20. The van der Waals surface area contributed by atoms with Crippen LogP contribution in [0.5, 0.6) is 11.5 Å². The van der Waals surface area contributed by atoms with E-state index < -0.39 is 12.1 Å². The predicted molar refractivity (Wildman–Crippen MR) is 83.1 cm³/mol. The van der Waals surface area contributed by atoms with Gasteiger partial charge < -0.3 is 14.2 Å². The highest BCUT2D eigenvalue weighted by Crippen LogP contribution is 2.36. The van der Waals surface area contributed by atoms with Crippen LogP contribution in [0.4, 0.5) is 0 Å². The number of benzene rings is 2. The number of esters is 1. The average Bonchev–Trinajstić information content (AvgIpc) is 2.60. The molecule has 2 aromatic rings. The minimum absolute atomic E-state index is 0.0152. The van der Waals surface area contributed by atoms with Gasteiger partial charge in [-0.05, 0) is 35.9 Å². The molecule has 0 bridgehead atoms. The molecule has 0 saturated heterocycles. The van der Waals surface area contributed by atoms with Crippen LogP contribution in [0, 0.1) is 0 Å². The molecule has 0 fully saturated rings. The third-order valence-corrected chi connectivity index (χ3v) is 3.81. The van der Waals surface area contributed by atoms with Gasteiger partial charge in [-0.25, -0.2) is 4.79 Å². The molecule has 1 atom stereocenters. The van der Waals surface area contributed by atoms with Crippen molar-refractivity contribution in [3.63, 3.8) is 0 Å². The molecule has 5 nitrogen and oxygen atoms in total. The van der Waals surface area contributed by atoms with Gasteiger partial charge in [0.1, 0.15) is 17.6 Å². The van der Waals surface area contributed by atoms with E-state index in [1.54, 1.807) is 43.5 Å². The van der Waals surface area contributed by atoms with E-state index in [2.05, 4.69) is 0 Å². The molecule has 5 heteroatoms. The molecule has 1 heterocycles. The second-order valence-corrected chi connectivity index (χ2v) is 5.21. The Morgan fingerprint density at radius 1 is 1.17 bits per heavy atom. The highest BCUT2D eigenvalue weighted by Gasteiger charge is 2.28. The van der Waals surface area contributed by atoms with Gasteiger partial charge in [0.2, 0.25) is 0 Å². The molecule has 0 radical (unpaired) electrons. The van der Waals surface area contributed by atoms with Crippen molar-refractivity contribution in [1.29, 1.82) is 0 Å². The summed E-state index contributed by atoms with van der Waals surface area (Å²) in [5.41, 5.74) is 1.72. The second kappa shape index (κ2) is 6.12. The highest BCUT2D eigenvalue weighted by atomic mass is 16.5. The van der Waals surface area contributed by atoms with Crippen LogP contribution in [0.15, 0.2) is 42.5 Å². The number of Topliss-reactive ketones (excluding diaryl/α,β-unsaturated/α-hetero) is 1. The van der Waals surface area contributed by atoms with Gasteiger partial charge in [-0.2, -0.15) is 0 Å². The van der Waals surface area contributed by atoms with Crippen molar-refractivity contribution in [2.45, 2.75) is 12.5 Å². The van der Waals surface area contributed by atoms with Crippen molar-refractivity contribution in [3.05, 3.63) is 59.2 Å². The van der Waals surface area contributed by atoms with Gasteiger partial charge in [0.25, 0.3) is 0 Å². The molecule has 0 aliphatic carbocycles. The summed E-state index contributed by atoms with van der Waals surface area (Å²) in [5, 5.41) is 0. The summed E-state index contributed by atoms with van der Waals surface area (Å²) < 4.78 is 15.8. The summed E-state index contributed by atoms with van der Waals surface area (Å²) in [5.74, 6) is 0.708. The Balaban J connectivity index is 1.91. The number of carbonyl (C=O) groups is 2. The Kier molecular flexibility index (Phi) is 4.02. The lowest BCUT2D eigenvalue weighted by molar-refractivity contribution is 0.0600. The van der Waals surface area contributed by atoms with Crippen molar-refractivity contribution < 1.29 is 23.8 Å². The average molecular weight is 312 g/mol. The van der Waals surface area contributed by atoms with Crippen molar-refractivity contribution in [1.82, 2.24) is 0 Å². The van der Waals surface area contributed by atoms with Crippen LogP contribution in [-0.4, -0.2) is 26.0 Å². The summed E-state index contributed by atoms with van der Waals surface area (Å²) in [6.07, 6.45) is -0.210. The molecule has 0 saturated carbocycles. The van der Waals surface area contributed by atoms with Gasteiger partial charge in [-0.1, -0.05) is 12.1 Å². The smallest absolute Gasteiger partial charge is 0.337 e. The lowest BCUT2D eigenvalue weighted by Gasteiger charge is -2.26. The maximum absolute atomic E-state index is 12.4. The lowest BCUT2D eigenvalue weighted by atomic mass is 9.95. The van der Waals surface area contributed by atoms with Gasteiger partial charge >= 0.3 is 5.97 Å². The zero-order chi connectivity index (χ0) is 16.4. The van der Waals surface area contributed by atoms with Crippen LogP contribution in [0.25, 0.3) is 0 Å². The Labute approximate surface area is 133 Å². The molecule has 23 heavy (non-hydrogen) atoms. The molecule has 0 aromatic heterocycles. The number of carbonyl (C=O) groups excluding carboxylic acids is 2. The largest absolute Gasteiger partial charge is 0.497 e. The van der Waals surface area contributed by atoms with Gasteiger partial charge in [0, 0.05) is 0 Å². The van der Waals surface area contributed by atoms with Crippen LogP contribution in [0.3, 0.4) is 0 Å². The normalized spacial score (nSPS) is 16.3. The van der Waals surface area contributed by atoms with Crippen LogP contribution in [-0.2, 0) is 4.74 Å². The summed E-state index contributed by atoms with van der Waals surface area (Å²) >= 11 is 0. The number of rotatable bonds is 3. The van der Waals surface area contributed by atoms with E-state index in [9.17, 15) is 9.59 Å². The van der Waals surface area contributed by atoms with Gasteiger partial charge in [-0.3, -0.25) is 4.79 Å². The molecular formula is C18H16O5. The number of hydrogen-bond donors (Lipinski definition) is 0. The van der Waals surface area contributed by atoms with E-state index in [4.69, 9.17) is 14.2 Å². The topological polar surface area (TPSA) is 61.8 Å². The summed E-state index contributed by atoms with van der Waals surface area (Å²) in [6, 6.07) is 12.1. The van der Waals surface area contributed by atoms with E-state index >= 15 is 0 Å². The van der Waals surface area contributed by atoms with Crippen molar-refractivity contribution in [3.8, 4) is 11.5 Å². The number of ether oxygens (including phenoxy) is 3. The first-order chi connectivity index (χ1) is 11.1. The fraction of sp³-hybridized carbons (Fsp3) is 0.222. The zero-order valence-corrected chi connectivity index (χ0v) is 12.9. The molecule has 0 spiro atoms. The number of hydrogen-bond acceptors (Lipinski definition) is 5. The fourth-order valence-corrected chi connectivity index (χ4v) is 2.60. The Hall–Kier alpha value is -2.82. The van der Waals surface area contributed by atoms with Crippen molar-refractivity contribution >= 4 is 11.8 Å². The van der Waals surface area contributed by atoms with E-state index in [-0.39, 0.29) is 12.2 Å². The fourth-order valence-electron chi connectivity index (χ4n) is 2.60. The molecule has 0 unspecified atom stereocenters. The van der Waals surface area contributed by atoms with E-state index in [1.165, 1.54) is 7.11 Å². The SMILES string of the molecule is COC(=O)c1cccc([C@H]2CC(=O)c3cc(OC)ccc3O2)c1. The Bertz CT molecular complexity index is 766. The Morgan fingerprint density at radius 2 is 2.00 bits per heavy atom. The van der Waals surface area contributed by atoms with Crippen molar-refractivity contribution in [2.75, 3.05) is 14.2 Å². The zero-order valence-electron chi connectivity index (χ0n) is 12.9. The van der Waals surface area contributed by atoms with Gasteiger partial charge in [0.15, 0.2) is 5.78 Å². The summed E-state index contributed by atoms with van der Waals surface area (Å²) in [6.45, 7) is 0. The highest BCUT2D eigenvalue weighted by molar-refractivity contribution is 6.00.